The fourth-order valence-corrected chi connectivity index (χ4v) is 2.26. The van der Waals surface area contributed by atoms with Gasteiger partial charge in [-0.25, -0.2) is 0 Å². The molecule has 0 saturated heterocycles. The summed E-state index contributed by atoms with van der Waals surface area (Å²) in [4.78, 5) is 0. The van der Waals surface area contributed by atoms with E-state index in [1.54, 1.807) is 0 Å². The van der Waals surface area contributed by atoms with Crippen molar-refractivity contribution >= 4 is 0 Å². The molecule has 1 atom stereocenters. The van der Waals surface area contributed by atoms with Crippen LogP contribution in [0.2, 0.25) is 0 Å². The normalized spacial score (nSPS) is 23.2. The van der Waals surface area contributed by atoms with Gasteiger partial charge in [0, 0.05) is 0 Å². The first-order valence-corrected chi connectivity index (χ1v) is 5.43. The van der Waals surface area contributed by atoms with Crippen LogP contribution in [-0.2, 0) is 0 Å². The average Bonchev–Trinajstić information content (AvgIpc) is 2.00. The van der Waals surface area contributed by atoms with Crippen molar-refractivity contribution in [3.63, 3.8) is 0 Å². The quantitative estimate of drug-likeness (QED) is 0.672. The monoisotopic (exact) mass is 170 g/mol. The van der Waals surface area contributed by atoms with E-state index in [0.29, 0.717) is 5.41 Å². The summed E-state index contributed by atoms with van der Waals surface area (Å²) < 4.78 is 0. The Balaban J connectivity index is 2.32. The Morgan fingerprint density at radius 2 is 2.00 bits per heavy atom. The lowest BCUT2D eigenvalue weighted by molar-refractivity contribution is -0.0429. The van der Waals surface area contributed by atoms with Gasteiger partial charge in [0.2, 0.25) is 0 Å². The van der Waals surface area contributed by atoms with E-state index in [1.165, 1.54) is 32.1 Å². The molecular formula is C11H22O. The third kappa shape index (κ3) is 1.82. The summed E-state index contributed by atoms with van der Waals surface area (Å²) in [6.07, 6.45) is 8.40. The molecule has 1 fully saturated rings. The first-order chi connectivity index (χ1) is 5.75. The van der Waals surface area contributed by atoms with Crippen molar-refractivity contribution < 1.29 is 5.11 Å². The molecule has 0 heterocycles. The van der Waals surface area contributed by atoms with Crippen molar-refractivity contribution in [2.24, 2.45) is 5.41 Å². The molecular weight excluding hydrogens is 148 g/mol. The number of aliphatic hydroxyl groups excluding tert-OH is 1. The first kappa shape index (κ1) is 10.0. The Hall–Kier alpha value is -0.0400. The lowest BCUT2D eigenvalue weighted by Crippen LogP contribution is -2.40. The Morgan fingerprint density at radius 3 is 2.33 bits per heavy atom. The molecule has 1 nitrogen and oxygen atoms in total. The summed E-state index contributed by atoms with van der Waals surface area (Å²) in [5, 5.41) is 9.95. The number of hydrogen-bond acceptors (Lipinski definition) is 1. The highest BCUT2D eigenvalue weighted by molar-refractivity contribution is 4.92. The van der Waals surface area contributed by atoms with Gasteiger partial charge in [-0.15, -0.1) is 0 Å². The molecule has 0 amide bonds. The minimum Gasteiger partial charge on any atom is -0.393 e. The molecule has 0 spiro atoms. The average molecular weight is 170 g/mol. The van der Waals surface area contributed by atoms with Crippen LogP contribution in [0.5, 0.6) is 0 Å². The van der Waals surface area contributed by atoms with Crippen LogP contribution in [0.3, 0.4) is 0 Å². The molecule has 1 aliphatic rings. The molecule has 0 radical (unpaired) electrons. The maximum Gasteiger partial charge on any atom is 0.0596 e. The Labute approximate surface area is 76.2 Å². The third-order valence-electron chi connectivity index (χ3n) is 3.59. The minimum atomic E-state index is -0.0174. The molecule has 72 valence electrons. The third-order valence-corrected chi connectivity index (χ3v) is 3.59. The standard InChI is InChI=1S/C11H22O/c1-3-5-7-10(12)11(4-2)8-6-9-11/h10,12H,3-9H2,1-2H3/t10-/m0/s1. The van der Waals surface area contributed by atoms with Gasteiger partial charge in [0.15, 0.2) is 0 Å². The zero-order valence-electron chi connectivity index (χ0n) is 8.47. The molecule has 1 heteroatoms. The van der Waals surface area contributed by atoms with Crippen LogP contribution in [0.4, 0.5) is 0 Å². The van der Waals surface area contributed by atoms with Gasteiger partial charge in [0.05, 0.1) is 6.10 Å². The molecule has 0 aromatic heterocycles. The highest BCUT2D eigenvalue weighted by Crippen LogP contribution is 2.47. The van der Waals surface area contributed by atoms with E-state index in [9.17, 15) is 5.11 Å². The molecule has 1 rings (SSSR count). The van der Waals surface area contributed by atoms with Crippen LogP contribution >= 0.6 is 0 Å². The molecule has 0 aliphatic heterocycles. The van der Waals surface area contributed by atoms with Gasteiger partial charge in [-0.05, 0) is 31.1 Å². The van der Waals surface area contributed by atoms with Crippen LogP contribution in [0.1, 0.15) is 58.8 Å². The predicted octanol–water partition coefficient (Wildman–Crippen LogP) is 3.12. The molecule has 1 aliphatic carbocycles. The van der Waals surface area contributed by atoms with Crippen molar-refractivity contribution in [1.82, 2.24) is 0 Å². The second-order valence-corrected chi connectivity index (χ2v) is 4.23. The summed E-state index contributed by atoms with van der Waals surface area (Å²) in [5.41, 5.74) is 0.329. The molecule has 1 N–H and O–H groups in total. The van der Waals surface area contributed by atoms with Crippen LogP contribution in [0.25, 0.3) is 0 Å². The van der Waals surface area contributed by atoms with E-state index in [0.717, 1.165) is 12.8 Å². The van der Waals surface area contributed by atoms with Gasteiger partial charge < -0.3 is 5.11 Å². The number of rotatable bonds is 5. The van der Waals surface area contributed by atoms with Crippen molar-refractivity contribution in [1.29, 1.82) is 0 Å². The molecule has 12 heavy (non-hydrogen) atoms. The summed E-state index contributed by atoms with van der Waals surface area (Å²) in [6.45, 7) is 4.40. The summed E-state index contributed by atoms with van der Waals surface area (Å²) in [5.74, 6) is 0. The van der Waals surface area contributed by atoms with E-state index in [1.807, 2.05) is 0 Å². The molecule has 0 unspecified atom stereocenters. The van der Waals surface area contributed by atoms with Crippen LogP contribution in [-0.4, -0.2) is 11.2 Å². The van der Waals surface area contributed by atoms with Gasteiger partial charge in [-0.2, -0.15) is 0 Å². The predicted molar refractivity (Wildman–Crippen MR) is 52.1 cm³/mol. The number of aliphatic hydroxyl groups is 1. The van der Waals surface area contributed by atoms with E-state index >= 15 is 0 Å². The van der Waals surface area contributed by atoms with Crippen molar-refractivity contribution in [2.45, 2.75) is 64.9 Å². The molecule has 0 aromatic rings. The SMILES string of the molecule is CCCC[C@H](O)C1(CC)CCC1. The minimum absolute atomic E-state index is 0.0174. The molecule has 1 saturated carbocycles. The van der Waals surface area contributed by atoms with E-state index in [4.69, 9.17) is 0 Å². The molecule has 0 bridgehead atoms. The van der Waals surface area contributed by atoms with Gasteiger partial charge in [0.25, 0.3) is 0 Å². The van der Waals surface area contributed by atoms with Crippen molar-refractivity contribution in [2.75, 3.05) is 0 Å². The number of unbranched alkanes of at least 4 members (excludes halogenated alkanes) is 1. The smallest absolute Gasteiger partial charge is 0.0596 e. The van der Waals surface area contributed by atoms with Crippen LogP contribution in [0.15, 0.2) is 0 Å². The Bertz CT molecular complexity index is 121. The maximum absolute atomic E-state index is 9.95. The summed E-state index contributed by atoms with van der Waals surface area (Å²) in [6, 6.07) is 0. The second kappa shape index (κ2) is 4.27. The number of hydrogen-bond donors (Lipinski definition) is 1. The highest BCUT2D eigenvalue weighted by Gasteiger charge is 2.40. The van der Waals surface area contributed by atoms with Crippen LogP contribution in [0, 0.1) is 5.41 Å². The van der Waals surface area contributed by atoms with Gasteiger partial charge >= 0.3 is 0 Å². The van der Waals surface area contributed by atoms with E-state index in [-0.39, 0.29) is 6.10 Å². The molecule has 0 aromatic carbocycles. The second-order valence-electron chi connectivity index (χ2n) is 4.23. The summed E-state index contributed by atoms with van der Waals surface area (Å²) >= 11 is 0. The van der Waals surface area contributed by atoms with Gasteiger partial charge in [-0.3, -0.25) is 0 Å². The largest absolute Gasteiger partial charge is 0.393 e. The van der Waals surface area contributed by atoms with E-state index < -0.39 is 0 Å². The lowest BCUT2D eigenvalue weighted by atomic mass is 9.62. The Morgan fingerprint density at radius 1 is 1.33 bits per heavy atom. The fraction of sp³-hybridized carbons (Fsp3) is 1.00. The zero-order chi connectivity index (χ0) is 9.03. The fourth-order valence-electron chi connectivity index (χ4n) is 2.26. The highest BCUT2D eigenvalue weighted by atomic mass is 16.3. The van der Waals surface area contributed by atoms with Crippen molar-refractivity contribution in [3.05, 3.63) is 0 Å². The van der Waals surface area contributed by atoms with Crippen molar-refractivity contribution in [3.8, 4) is 0 Å². The summed E-state index contributed by atoms with van der Waals surface area (Å²) in [7, 11) is 0. The van der Waals surface area contributed by atoms with Gasteiger partial charge in [0.1, 0.15) is 0 Å². The lowest BCUT2D eigenvalue weighted by Gasteiger charge is -2.45. The van der Waals surface area contributed by atoms with E-state index in [2.05, 4.69) is 13.8 Å². The van der Waals surface area contributed by atoms with Crippen LogP contribution < -0.4 is 0 Å². The Kier molecular flexibility index (Phi) is 3.57. The topological polar surface area (TPSA) is 20.2 Å². The first-order valence-electron chi connectivity index (χ1n) is 5.43. The maximum atomic E-state index is 9.95. The van der Waals surface area contributed by atoms with Gasteiger partial charge in [-0.1, -0.05) is 33.1 Å². The zero-order valence-corrected chi connectivity index (χ0v) is 8.47.